The minimum atomic E-state index is 0.447. The Bertz CT molecular complexity index is 494. The Balaban J connectivity index is 2.27. The smallest absolute Gasteiger partial charge is 0.238 e. The molecule has 1 aromatic heterocycles. The molecule has 0 saturated carbocycles. The van der Waals surface area contributed by atoms with Crippen LogP contribution in [0.2, 0.25) is 0 Å². The summed E-state index contributed by atoms with van der Waals surface area (Å²) in [6, 6.07) is 9.24. The van der Waals surface area contributed by atoms with E-state index in [0.29, 0.717) is 17.3 Å². The number of benzene rings is 1. The quantitative estimate of drug-likeness (QED) is 0.782. The molecule has 0 unspecified atom stereocenters. The first-order valence-corrected chi connectivity index (χ1v) is 5.00. The molecule has 0 radical (unpaired) electrons. The van der Waals surface area contributed by atoms with Gasteiger partial charge in [-0.1, -0.05) is 12.1 Å². The highest BCUT2D eigenvalue weighted by Gasteiger charge is 2.04. The molecule has 0 fully saturated rings. The van der Waals surface area contributed by atoms with E-state index in [1.807, 2.05) is 38.1 Å². The molecule has 0 saturated heterocycles. The summed E-state index contributed by atoms with van der Waals surface area (Å²) >= 11 is 0. The second-order valence-corrected chi connectivity index (χ2v) is 3.60. The molecule has 0 bridgehead atoms. The van der Waals surface area contributed by atoms with E-state index in [1.54, 1.807) is 6.07 Å². The van der Waals surface area contributed by atoms with Gasteiger partial charge in [0.2, 0.25) is 5.88 Å². The molecule has 4 nitrogen and oxygen atoms in total. The number of hydrogen-bond acceptors (Lipinski definition) is 4. The minimum Gasteiger partial charge on any atom is -0.435 e. The molecule has 0 aliphatic carbocycles. The average Bonchev–Trinajstić information content (AvgIpc) is 2.28. The van der Waals surface area contributed by atoms with Crippen molar-refractivity contribution in [1.82, 2.24) is 10.2 Å². The van der Waals surface area contributed by atoms with E-state index in [0.717, 1.165) is 11.3 Å². The van der Waals surface area contributed by atoms with Gasteiger partial charge in [-0.2, -0.15) is 5.10 Å². The largest absolute Gasteiger partial charge is 0.435 e. The van der Waals surface area contributed by atoms with E-state index < -0.39 is 0 Å². The second kappa shape index (κ2) is 4.18. The lowest BCUT2D eigenvalue weighted by atomic mass is 10.2. The van der Waals surface area contributed by atoms with Crippen molar-refractivity contribution < 1.29 is 4.74 Å². The topological polar surface area (TPSA) is 61.0 Å². The summed E-state index contributed by atoms with van der Waals surface area (Å²) in [7, 11) is 0. The number of aryl methyl sites for hydroxylation is 2. The molecule has 0 amide bonds. The van der Waals surface area contributed by atoms with Crippen molar-refractivity contribution in [3.8, 4) is 11.6 Å². The Morgan fingerprint density at radius 1 is 1.06 bits per heavy atom. The van der Waals surface area contributed by atoms with Gasteiger partial charge in [-0.3, -0.25) is 0 Å². The van der Waals surface area contributed by atoms with Crippen molar-refractivity contribution in [2.75, 3.05) is 5.73 Å². The maximum atomic E-state index is 5.89. The van der Waals surface area contributed by atoms with Crippen molar-refractivity contribution in [2.24, 2.45) is 0 Å². The molecule has 0 atom stereocenters. The summed E-state index contributed by atoms with van der Waals surface area (Å²) in [5, 5.41) is 7.83. The molecule has 1 aromatic carbocycles. The number of ether oxygens (including phenoxy) is 1. The van der Waals surface area contributed by atoms with E-state index in [4.69, 9.17) is 10.5 Å². The highest BCUT2D eigenvalue weighted by molar-refractivity contribution is 5.58. The van der Waals surface area contributed by atoms with Crippen LogP contribution in [-0.4, -0.2) is 10.2 Å². The van der Waals surface area contributed by atoms with Gasteiger partial charge in [-0.25, -0.2) is 0 Å². The number of para-hydroxylation sites is 1. The van der Waals surface area contributed by atoms with Crippen LogP contribution in [-0.2, 0) is 0 Å². The van der Waals surface area contributed by atoms with Gasteiger partial charge in [0, 0.05) is 6.07 Å². The predicted molar refractivity (Wildman–Crippen MR) is 62.4 cm³/mol. The van der Waals surface area contributed by atoms with Gasteiger partial charge in [0.1, 0.15) is 0 Å². The van der Waals surface area contributed by atoms with E-state index in [9.17, 15) is 0 Å². The zero-order chi connectivity index (χ0) is 11.5. The maximum absolute atomic E-state index is 5.89. The first kappa shape index (κ1) is 10.4. The average molecular weight is 215 g/mol. The Kier molecular flexibility index (Phi) is 2.72. The Morgan fingerprint density at radius 2 is 1.88 bits per heavy atom. The van der Waals surface area contributed by atoms with Crippen molar-refractivity contribution in [2.45, 2.75) is 13.8 Å². The molecule has 2 aromatic rings. The predicted octanol–water partition coefficient (Wildman–Crippen LogP) is 2.47. The Labute approximate surface area is 94.1 Å². The van der Waals surface area contributed by atoms with Crippen molar-refractivity contribution in [1.29, 1.82) is 0 Å². The fraction of sp³-hybridized carbons (Fsp3) is 0.167. The zero-order valence-electron chi connectivity index (χ0n) is 9.27. The molecule has 4 heteroatoms. The van der Waals surface area contributed by atoms with Crippen LogP contribution in [0.3, 0.4) is 0 Å². The molecule has 0 aliphatic heterocycles. The Hall–Kier alpha value is -2.10. The minimum absolute atomic E-state index is 0.447. The van der Waals surface area contributed by atoms with Gasteiger partial charge in [0.25, 0.3) is 0 Å². The summed E-state index contributed by atoms with van der Waals surface area (Å²) in [5.74, 6) is 1.06. The fourth-order valence-corrected chi connectivity index (χ4v) is 1.30. The zero-order valence-corrected chi connectivity index (χ0v) is 9.27. The van der Waals surface area contributed by atoms with Gasteiger partial charge in [0.15, 0.2) is 5.75 Å². The summed E-state index contributed by atoms with van der Waals surface area (Å²) in [6.45, 7) is 3.81. The normalized spacial score (nSPS) is 10.1. The number of nitrogens with zero attached hydrogens (tertiary/aromatic N) is 2. The van der Waals surface area contributed by atoms with Crippen LogP contribution in [0, 0.1) is 13.8 Å². The van der Waals surface area contributed by atoms with Crippen molar-refractivity contribution >= 4 is 5.69 Å². The number of hydrogen-bond donors (Lipinski definition) is 1. The summed E-state index contributed by atoms with van der Waals surface area (Å²) < 4.78 is 5.55. The first-order chi connectivity index (χ1) is 7.66. The molecule has 0 spiro atoms. The van der Waals surface area contributed by atoms with Crippen molar-refractivity contribution in [3.63, 3.8) is 0 Å². The number of nitrogens with two attached hydrogens (primary N) is 1. The maximum Gasteiger partial charge on any atom is 0.238 e. The molecule has 0 aliphatic rings. The fourth-order valence-electron chi connectivity index (χ4n) is 1.30. The monoisotopic (exact) mass is 215 g/mol. The lowest BCUT2D eigenvalue weighted by molar-refractivity contribution is 0.456. The lowest BCUT2D eigenvalue weighted by Gasteiger charge is -2.08. The molecule has 2 rings (SSSR count). The molecular formula is C12H13N3O. The van der Waals surface area contributed by atoms with Crippen LogP contribution in [0.25, 0.3) is 0 Å². The van der Waals surface area contributed by atoms with Crippen LogP contribution in [0.4, 0.5) is 5.69 Å². The molecule has 2 N–H and O–H groups in total. The van der Waals surface area contributed by atoms with Gasteiger partial charge >= 0.3 is 0 Å². The molecule has 16 heavy (non-hydrogen) atoms. The number of anilines is 1. The first-order valence-electron chi connectivity index (χ1n) is 5.00. The third-order valence-electron chi connectivity index (χ3n) is 2.27. The summed E-state index contributed by atoms with van der Waals surface area (Å²) in [4.78, 5) is 0. The SMILES string of the molecule is Cc1ccc(Oc2cccc(C)c2N)nn1. The molecule has 1 heterocycles. The molecule has 82 valence electrons. The second-order valence-electron chi connectivity index (χ2n) is 3.60. The van der Waals surface area contributed by atoms with Crippen molar-refractivity contribution in [3.05, 3.63) is 41.6 Å². The van der Waals surface area contributed by atoms with Crippen LogP contribution in [0.1, 0.15) is 11.3 Å². The van der Waals surface area contributed by atoms with E-state index in [2.05, 4.69) is 10.2 Å². The summed E-state index contributed by atoms with van der Waals surface area (Å²) in [5.41, 5.74) is 8.35. The third-order valence-corrected chi connectivity index (χ3v) is 2.27. The Morgan fingerprint density at radius 3 is 2.56 bits per heavy atom. The third kappa shape index (κ3) is 2.11. The lowest BCUT2D eigenvalue weighted by Crippen LogP contribution is -1.97. The number of aromatic nitrogens is 2. The molecular weight excluding hydrogens is 202 g/mol. The van der Waals surface area contributed by atoms with Crippen LogP contribution in [0.5, 0.6) is 11.6 Å². The number of nitrogen functional groups attached to an aromatic ring is 1. The van der Waals surface area contributed by atoms with Gasteiger partial charge in [-0.15, -0.1) is 5.10 Å². The van der Waals surface area contributed by atoms with E-state index in [1.165, 1.54) is 0 Å². The number of rotatable bonds is 2. The van der Waals surface area contributed by atoms with Gasteiger partial charge < -0.3 is 10.5 Å². The van der Waals surface area contributed by atoms with Gasteiger partial charge in [0.05, 0.1) is 11.4 Å². The van der Waals surface area contributed by atoms with Crippen LogP contribution < -0.4 is 10.5 Å². The van der Waals surface area contributed by atoms with E-state index in [-0.39, 0.29) is 0 Å². The van der Waals surface area contributed by atoms with Gasteiger partial charge in [-0.05, 0) is 31.5 Å². The van der Waals surface area contributed by atoms with Crippen LogP contribution >= 0.6 is 0 Å². The summed E-state index contributed by atoms with van der Waals surface area (Å²) in [6.07, 6.45) is 0. The van der Waals surface area contributed by atoms with E-state index >= 15 is 0 Å². The standard InChI is InChI=1S/C12H13N3O/c1-8-4-3-5-10(12(8)13)16-11-7-6-9(2)14-15-11/h3-7H,13H2,1-2H3. The van der Waals surface area contributed by atoms with Crippen LogP contribution in [0.15, 0.2) is 30.3 Å². The highest BCUT2D eigenvalue weighted by Crippen LogP contribution is 2.28. The highest BCUT2D eigenvalue weighted by atomic mass is 16.5.